The van der Waals surface area contributed by atoms with E-state index >= 15 is 0 Å². The van der Waals surface area contributed by atoms with E-state index in [1.165, 1.54) is 24.0 Å². The zero-order chi connectivity index (χ0) is 10.7. The van der Waals surface area contributed by atoms with Crippen LogP contribution in [0.5, 0.6) is 0 Å². The molecule has 0 aromatic heterocycles. The molecular formula is C14H21N. The molecule has 1 aromatic carbocycles. The van der Waals surface area contributed by atoms with E-state index in [0.717, 1.165) is 6.54 Å². The monoisotopic (exact) mass is 203 g/mol. The lowest BCUT2D eigenvalue weighted by atomic mass is 9.77. The van der Waals surface area contributed by atoms with Gasteiger partial charge in [-0.2, -0.15) is 0 Å². The maximum atomic E-state index is 3.25. The maximum absolute atomic E-state index is 3.25. The molecule has 1 N–H and O–H groups in total. The number of fused-ring (bicyclic) bond motifs is 1. The number of hydrogen-bond acceptors (Lipinski definition) is 1. The van der Waals surface area contributed by atoms with Gasteiger partial charge in [-0.3, -0.25) is 0 Å². The first-order valence-electron chi connectivity index (χ1n) is 5.76. The lowest BCUT2D eigenvalue weighted by Crippen LogP contribution is -2.26. The Morgan fingerprint density at radius 2 is 2.13 bits per heavy atom. The number of hydrogen-bond donors (Lipinski definition) is 1. The van der Waals surface area contributed by atoms with Gasteiger partial charge in [0.15, 0.2) is 0 Å². The van der Waals surface area contributed by atoms with Crippen LogP contribution >= 0.6 is 0 Å². The first-order chi connectivity index (χ1) is 7.32. The van der Waals surface area contributed by atoms with Gasteiger partial charge in [0.2, 0.25) is 0 Å². The molecule has 1 aromatic rings. The van der Waals surface area contributed by atoms with Crippen LogP contribution in [-0.2, 0) is 5.41 Å². The highest BCUT2D eigenvalue weighted by molar-refractivity contribution is 5.65. The van der Waals surface area contributed by atoms with Crippen molar-refractivity contribution in [1.29, 1.82) is 0 Å². The smallest absolute Gasteiger partial charge is 0.0150 e. The third kappa shape index (κ3) is 1.72. The van der Waals surface area contributed by atoms with Crippen molar-refractivity contribution in [3.05, 3.63) is 41.5 Å². The zero-order valence-electron chi connectivity index (χ0n) is 9.59. The Kier molecular flexibility index (Phi) is 2.92. The Bertz CT molecular complexity index is 373. The molecule has 1 atom stereocenters. The third-order valence-electron chi connectivity index (χ3n) is 3.53. The Labute approximate surface area is 93.7 Å². The van der Waals surface area contributed by atoms with Crippen molar-refractivity contribution in [1.82, 2.24) is 5.32 Å². The molecule has 1 aliphatic rings. The molecule has 0 saturated heterocycles. The van der Waals surface area contributed by atoms with E-state index in [9.17, 15) is 0 Å². The minimum absolute atomic E-state index is 0. The number of allylic oxidation sites excluding steroid dienone is 1. The van der Waals surface area contributed by atoms with E-state index in [-0.39, 0.29) is 6.84 Å². The molecule has 0 spiro atoms. The highest BCUT2D eigenvalue weighted by Crippen LogP contribution is 2.40. The first kappa shape index (κ1) is 10.4. The maximum Gasteiger partial charge on any atom is 0.0150 e. The standard InChI is InChI=1S/C14H19N.H2/c1-3-14(10-11-15-2)9-8-12-6-4-5-7-13(12)14;/h4-9,15H,3,10-11H2,1-2H3;1H. The molecule has 15 heavy (non-hydrogen) atoms. The quantitative estimate of drug-likeness (QED) is 0.792. The van der Waals surface area contributed by atoms with Crippen LogP contribution in [0.4, 0.5) is 0 Å². The summed E-state index contributed by atoms with van der Waals surface area (Å²) in [5.41, 5.74) is 3.18. The summed E-state index contributed by atoms with van der Waals surface area (Å²) in [6.45, 7) is 3.36. The predicted molar refractivity (Wildman–Crippen MR) is 68.1 cm³/mol. The Morgan fingerprint density at radius 1 is 1.33 bits per heavy atom. The Balaban J connectivity index is 0.00000128. The summed E-state index contributed by atoms with van der Waals surface area (Å²) < 4.78 is 0. The molecule has 0 fully saturated rings. The van der Waals surface area contributed by atoms with E-state index < -0.39 is 0 Å². The molecule has 0 aliphatic heterocycles. The van der Waals surface area contributed by atoms with E-state index in [1.807, 2.05) is 7.05 Å². The van der Waals surface area contributed by atoms with Crippen molar-refractivity contribution < 1.29 is 1.43 Å². The van der Waals surface area contributed by atoms with Crippen LogP contribution in [0.2, 0.25) is 0 Å². The van der Waals surface area contributed by atoms with Gasteiger partial charge in [-0.15, -0.1) is 0 Å². The fraction of sp³-hybridized carbons (Fsp3) is 0.429. The lowest BCUT2D eigenvalue weighted by molar-refractivity contribution is 0.470. The van der Waals surface area contributed by atoms with Gasteiger partial charge < -0.3 is 5.32 Å². The molecule has 1 heteroatoms. The summed E-state index contributed by atoms with van der Waals surface area (Å²) >= 11 is 0. The third-order valence-corrected chi connectivity index (χ3v) is 3.53. The average Bonchev–Trinajstić information content (AvgIpc) is 2.66. The summed E-state index contributed by atoms with van der Waals surface area (Å²) in [7, 11) is 2.02. The fourth-order valence-corrected chi connectivity index (χ4v) is 2.49. The summed E-state index contributed by atoms with van der Waals surface area (Å²) in [4.78, 5) is 0. The SMILES string of the molecule is CCC1(CCNC)C=Cc2ccccc21.[HH]. The second-order valence-electron chi connectivity index (χ2n) is 4.28. The molecule has 0 heterocycles. The zero-order valence-corrected chi connectivity index (χ0v) is 9.59. The van der Waals surface area contributed by atoms with Gasteiger partial charge in [0.1, 0.15) is 0 Å². The lowest BCUT2D eigenvalue weighted by Gasteiger charge is -2.27. The van der Waals surface area contributed by atoms with Crippen LogP contribution in [0.15, 0.2) is 30.3 Å². The van der Waals surface area contributed by atoms with Crippen molar-refractivity contribution in [2.24, 2.45) is 0 Å². The molecule has 1 nitrogen and oxygen atoms in total. The fourth-order valence-electron chi connectivity index (χ4n) is 2.49. The molecular weight excluding hydrogens is 182 g/mol. The highest BCUT2D eigenvalue weighted by Gasteiger charge is 2.31. The van der Waals surface area contributed by atoms with Crippen LogP contribution in [0.3, 0.4) is 0 Å². The minimum Gasteiger partial charge on any atom is -0.320 e. The van der Waals surface area contributed by atoms with Crippen molar-refractivity contribution in [3.63, 3.8) is 0 Å². The van der Waals surface area contributed by atoms with E-state index in [2.05, 4.69) is 48.7 Å². The molecule has 0 bridgehead atoms. The van der Waals surface area contributed by atoms with Crippen molar-refractivity contribution in [3.8, 4) is 0 Å². The van der Waals surface area contributed by atoms with E-state index in [4.69, 9.17) is 0 Å². The van der Waals surface area contributed by atoms with Crippen molar-refractivity contribution in [2.45, 2.75) is 25.2 Å². The van der Waals surface area contributed by atoms with Gasteiger partial charge in [-0.1, -0.05) is 43.3 Å². The average molecular weight is 203 g/mol. The summed E-state index contributed by atoms with van der Waals surface area (Å²) in [5, 5.41) is 3.25. The van der Waals surface area contributed by atoms with E-state index in [0.29, 0.717) is 0 Å². The first-order valence-corrected chi connectivity index (χ1v) is 5.76. The van der Waals surface area contributed by atoms with Crippen molar-refractivity contribution >= 4 is 6.08 Å². The normalized spacial score (nSPS) is 23.1. The largest absolute Gasteiger partial charge is 0.320 e. The molecule has 0 amide bonds. The summed E-state index contributed by atoms with van der Waals surface area (Å²) in [6, 6.07) is 8.75. The Hall–Kier alpha value is -1.08. The highest BCUT2D eigenvalue weighted by atomic mass is 14.8. The second kappa shape index (κ2) is 4.19. The summed E-state index contributed by atoms with van der Waals surface area (Å²) in [5.74, 6) is 0. The van der Waals surface area contributed by atoms with Gasteiger partial charge in [0, 0.05) is 6.84 Å². The molecule has 0 radical (unpaired) electrons. The van der Waals surface area contributed by atoms with Gasteiger partial charge in [-0.05, 0) is 37.6 Å². The Morgan fingerprint density at radius 3 is 2.87 bits per heavy atom. The molecule has 1 aliphatic carbocycles. The van der Waals surface area contributed by atoms with Crippen LogP contribution < -0.4 is 5.32 Å². The van der Waals surface area contributed by atoms with Crippen LogP contribution in [0.1, 0.15) is 32.3 Å². The second-order valence-corrected chi connectivity index (χ2v) is 4.28. The number of benzene rings is 1. The van der Waals surface area contributed by atoms with Crippen LogP contribution in [0, 0.1) is 0 Å². The number of rotatable bonds is 4. The molecule has 2 rings (SSSR count). The number of nitrogens with one attached hydrogen (secondary N) is 1. The van der Waals surface area contributed by atoms with Gasteiger partial charge in [-0.25, -0.2) is 0 Å². The molecule has 82 valence electrons. The minimum atomic E-state index is 0. The van der Waals surface area contributed by atoms with Gasteiger partial charge >= 0.3 is 0 Å². The summed E-state index contributed by atoms with van der Waals surface area (Å²) in [6.07, 6.45) is 7.03. The van der Waals surface area contributed by atoms with Crippen LogP contribution in [0.25, 0.3) is 6.08 Å². The van der Waals surface area contributed by atoms with Gasteiger partial charge in [0.25, 0.3) is 0 Å². The molecule has 0 saturated carbocycles. The van der Waals surface area contributed by atoms with Gasteiger partial charge in [0.05, 0.1) is 0 Å². The topological polar surface area (TPSA) is 12.0 Å². The van der Waals surface area contributed by atoms with Crippen LogP contribution in [-0.4, -0.2) is 13.6 Å². The van der Waals surface area contributed by atoms with E-state index in [1.54, 1.807) is 0 Å². The predicted octanol–water partition coefficient (Wildman–Crippen LogP) is 3.22. The van der Waals surface area contributed by atoms with Crippen molar-refractivity contribution in [2.75, 3.05) is 13.6 Å². The molecule has 1 unspecified atom stereocenters.